The van der Waals surface area contributed by atoms with E-state index < -0.39 is 53.3 Å². The number of anilines is 1. The van der Waals surface area contributed by atoms with Crippen molar-refractivity contribution in [3.63, 3.8) is 0 Å². The van der Waals surface area contributed by atoms with Gasteiger partial charge < -0.3 is 34.5 Å². The number of amides is 1. The molecule has 3 atom stereocenters. The van der Waals surface area contributed by atoms with Crippen LogP contribution in [0.1, 0.15) is 74.3 Å². The van der Waals surface area contributed by atoms with Gasteiger partial charge in [-0.2, -0.15) is 0 Å². The summed E-state index contributed by atoms with van der Waals surface area (Å²) in [5, 5.41) is 44.0. The molecular weight excluding hydrogens is 719 g/mol. The van der Waals surface area contributed by atoms with Crippen LogP contribution in [0.2, 0.25) is 0 Å². The van der Waals surface area contributed by atoms with Crippen LogP contribution in [-0.2, 0) is 25.8 Å². The maximum Gasteiger partial charge on any atom is 0.308 e. The van der Waals surface area contributed by atoms with Crippen LogP contribution < -0.4 is 5.32 Å². The third kappa shape index (κ3) is 12.6. The second-order valence-corrected chi connectivity index (χ2v) is 13.2. The monoisotopic (exact) mass is 764 g/mol. The maximum atomic E-state index is 14.2. The van der Waals surface area contributed by atoms with Crippen molar-refractivity contribution in [2.75, 3.05) is 18.5 Å². The number of benzene rings is 3. The van der Waals surface area contributed by atoms with Crippen molar-refractivity contribution in [1.82, 2.24) is 4.57 Å². The molecule has 0 aliphatic rings. The van der Waals surface area contributed by atoms with Gasteiger partial charge in [0.25, 0.3) is 16.1 Å². The van der Waals surface area contributed by atoms with E-state index in [0.29, 0.717) is 33.8 Å². The minimum atomic E-state index is -1.32. The highest BCUT2D eigenvalue weighted by atomic mass is 19.1. The fourth-order valence-corrected chi connectivity index (χ4v) is 6.34. The molecule has 0 saturated carbocycles. The van der Waals surface area contributed by atoms with Crippen molar-refractivity contribution in [3.8, 4) is 22.4 Å². The van der Waals surface area contributed by atoms with Crippen molar-refractivity contribution in [2.24, 2.45) is 0 Å². The van der Waals surface area contributed by atoms with Crippen molar-refractivity contribution in [3.05, 3.63) is 122 Å². The van der Waals surface area contributed by atoms with E-state index in [1.54, 1.807) is 24.3 Å². The number of aromatic nitrogens is 1. The Hall–Kier alpha value is -5.87. The highest BCUT2D eigenvalue weighted by Gasteiger charge is 2.31. The van der Waals surface area contributed by atoms with Gasteiger partial charge in [0.2, 0.25) is 0 Å². The minimum absolute atomic E-state index is 0.0515. The summed E-state index contributed by atoms with van der Waals surface area (Å²) < 4.78 is 21.2. The van der Waals surface area contributed by atoms with E-state index in [9.17, 15) is 44.4 Å². The Morgan fingerprint density at radius 3 is 2.13 bits per heavy atom. The lowest BCUT2D eigenvalue weighted by Gasteiger charge is -2.20. The molecule has 15 nitrogen and oxygen atoms in total. The summed E-state index contributed by atoms with van der Waals surface area (Å²) in [5.74, 6) is -1.84. The van der Waals surface area contributed by atoms with E-state index in [1.807, 2.05) is 66.9 Å². The molecule has 0 bridgehead atoms. The average Bonchev–Trinajstić information content (AvgIpc) is 3.49. The number of hydrogen-bond donors (Lipinski definition) is 3. The number of esters is 1. The van der Waals surface area contributed by atoms with Gasteiger partial charge in [0.05, 0.1) is 36.5 Å². The maximum absolute atomic E-state index is 14.2. The van der Waals surface area contributed by atoms with E-state index in [4.69, 9.17) is 4.74 Å². The molecule has 0 spiro atoms. The zero-order valence-electron chi connectivity index (χ0n) is 30.5. The van der Waals surface area contributed by atoms with Gasteiger partial charge in [0, 0.05) is 23.5 Å². The van der Waals surface area contributed by atoms with Gasteiger partial charge in [-0.1, -0.05) is 62.4 Å². The first kappa shape index (κ1) is 41.9. The van der Waals surface area contributed by atoms with Gasteiger partial charge in [-0.25, -0.2) is 4.39 Å². The lowest BCUT2D eigenvalue weighted by atomic mass is 9.94. The van der Waals surface area contributed by atoms with Gasteiger partial charge in [-0.05, 0) is 85.5 Å². The van der Waals surface area contributed by atoms with Gasteiger partial charge in [0.15, 0.2) is 0 Å². The molecule has 16 heteroatoms. The number of hydrogen-bond acceptors (Lipinski definition) is 11. The zero-order valence-corrected chi connectivity index (χ0v) is 30.5. The lowest BCUT2D eigenvalue weighted by molar-refractivity contribution is -0.769. The van der Waals surface area contributed by atoms with E-state index >= 15 is 0 Å². The van der Waals surface area contributed by atoms with Crippen LogP contribution in [0.3, 0.4) is 0 Å². The van der Waals surface area contributed by atoms with Crippen LogP contribution in [0, 0.1) is 26.0 Å². The molecule has 294 valence electrons. The first-order chi connectivity index (χ1) is 26.3. The van der Waals surface area contributed by atoms with Crippen LogP contribution in [0.15, 0.2) is 84.9 Å². The first-order valence-electron chi connectivity index (χ1n) is 17.9. The Balaban J connectivity index is 1.53. The zero-order chi connectivity index (χ0) is 39.9. The second kappa shape index (κ2) is 20.5. The van der Waals surface area contributed by atoms with Crippen LogP contribution in [0.5, 0.6) is 0 Å². The van der Waals surface area contributed by atoms with Gasteiger partial charge >= 0.3 is 5.97 Å². The Bertz CT molecular complexity index is 1870. The summed E-state index contributed by atoms with van der Waals surface area (Å²) in [4.78, 5) is 56.7. The van der Waals surface area contributed by atoms with Crippen molar-refractivity contribution in [1.29, 1.82) is 0 Å². The van der Waals surface area contributed by atoms with Crippen molar-refractivity contribution >= 4 is 17.6 Å². The molecule has 3 N–H and O–H groups in total. The number of carbonyl (C=O) groups excluding carboxylic acids is 2. The number of carbonyl (C=O) groups is 2. The number of aliphatic hydroxyl groups excluding tert-OH is 2. The topological polar surface area (TPSA) is 206 Å². The molecule has 55 heavy (non-hydrogen) atoms. The Morgan fingerprint density at radius 2 is 1.51 bits per heavy atom. The second-order valence-electron chi connectivity index (χ2n) is 13.2. The fraction of sp³-hybridized carbons (Fsp3) is 0.385. The Kier molecular flexibility index (Phi) is 15.6. The van der Waals surface area contributed by atoms with Crippen LogP contribution in [-0.4, -0.2) is 68.4 Å². The molecule has 0 aliphatic heterocycles. The summed E-state index contributed by atoms with van der Waals surface area (Å²) >= 11 is 0. The molecule has 1 aromatic heterocycles. The molecule has 0 aliphatic carbocycles. The largest absolute Gasteiger partial charge is 0.463 e. The van der Waals surface area contributed by atoms with Crippen molar-refractivity contribution in [2.45, 2.75) is 83.1 Å². The molecule has 3 aromatic carbocycles. The number of para-hydroxylation sites is 1. The van der Waals surface area contributed by atoms with Gasteiger partial charge in [-0.3, -0.25) is 9.59 Å². The molecule has 1 heterocycles. The van der Waals surface area contributed by atoms with E-state index in [0.717, 1.165) is 5.56 Å². The Labute approximate surface area is 316 Å². The number of rotatable bonds is 22. The summed E-state index contributed by atoms with van der Waals surface area (Å²) in [6.07, 6.45) is -3.67. The summed E-state index contributed by atoms with van der Waals surface area (Å²) in [5.41, 5.74) is 4.37. The molecule has 1 amide bonds. The number of nitrogens with zero attached hydrogens (tertiary/aromatic N) is 3. The fourth-order valence-electron chi connectivity index (χ4n) is 6.34. The number of unbranched alkanes of at least 4 members (excludes halogenated alkanes) is 1. The third-order valence-electron chi connectivity index (χ3n) is 8.70. The third-order valence-corrected chi connectivity index (χ3v) is 8.70. The highest BCUT2D eigenvalue weighted by molar-refractivity contribution is 6.12. The number of halogens is 1. The van der Waals surface area contributed by atoms with E-state index in [-0.39, 0.29) is 57.1 Å². The van der Waals surface area contributed by atoms with E-state index in [1.165, 1.54) is 12.1 Å². The summed E-state index contributed by atoms with van der Waals surface area (Å²) in [7, 11) is 0. The van der Waals surface area contributed by atoms with Gasteiger partial charge in [0.1, 0.15) is 18.5 Å². The highest BCUT2D eigenvalue weighted by Crippen LogP contribution is 2.42. The summed E-state index contributed by atoms with van der Waals surface area (Å²) in [6.45, 7) is 3.39. The van der Waals surface area contributed by atoms with Crippen LogP contribution in [0.4, 0.5) is 10.1 Å². The lowest BCUT2D eigenvalue weighted by Crippen LogP contribution is -2.27. The number of nitrogens with one attached hydrogen (secondary N) is 1. The minimum Gasteiger partial charge on any atom is -0.463 e. The van der Waals surface area contributed by atoms with Crippen LogP contribution in [0.25, 0.3) is 22.4 Å². The quantitative estimate of drug-likeness (QED) is 0.0331. The van der Waals surface area contributed by atoms with E-state index in [2.05, 4.69) is 15.0 Å². The molecule has 0 fully saturated rings. The van der Waals surface area contributed by atoms with Crippen LogP contribution >= 0.6 is 0 Å². The molecule has 0 saturated heterocycles. The molecular formula is C39H45FN4O11. The van der Waals surface area contributed by atoms with Crippen molar-refractivity contribution < 1.29 is 48.8 Å². The molecule has 4 aromatic rings. The summed E-state index contributed by atoms with van der Waals surface area (Å²) in [6, 6.07) is 24.3. The smallest absolute Gasteiger partial charge is 0.308 e. The molecule has 0 unspecified atom stereocenters. The standard InChI is InChI=1S/C39H45FN4O11/c1-26(2)37-36(39(48)41-30-13-7-4-8-14-30)35(27-11-5-3-6-12-27)38(28-16-18-29(40)19-17-28)42(37)21-20-31(45)23-32(46)24-34(47)53-25-33(55-44(51)52)15-9-10-22-54-43(49)50/h3-8,11-14,16-19,26,31-33,45-46H,9-10,15,20-25H2,1-2H3,(H,41,48)/t31-,32-,33+/m1/s1. The first-order valence-corrected chi connectivity index (χ1v) is 17.9. The Morgan fingerprint density at radius 1 is 0.855 bits per heavy atom. The van der Waals surface area contributed by atoms with Gasteiger partial charge in [-0.15, -0.1) is 20.2 Å². The molecule has 4 rings (SSSR count). The SMILES string of the molecule is CC(C)c1c(C(=O)Nc2ccccc2)c(-c2ccccc2)c(-c2ccc(F)cc2)n1CC[C@@H](O)C[C@@H](O)CC(=O)OC[C@H](CCCCO[N+](=O)[O-])O[N+](=O)[O-]. The number of ether oxygens (including phenoxy) is 1. The normalized spacial score (nSPS) is 12.8. The molecule has 0 radical (unpaired) electrons. The number of aliphatic hydroxyl groups is 2. The average molecular weight is 765 g/mol. The predicted molar refractivity (Wildman–Crippen MR) is 199 cm³/mol. The predicted octanol–water partition coefficient (Wildman–Crippen LogP) is 6.73.